The van der Waals surface area contributed by atoms with E-state index in [2.05, 4.69) is 9.88 Å². The van der Waals surface area contributed by atoms with Crippen LogP contribution in [0.4, 0.5) is 5.13 Å². The van der Waals surface area contributed by atoms with Crippen LogP contribution in [0.1, 0.15) is 0 Å². The number of hydrogen-bond acceptors (Lipinski definition) is 5. The van der Waals surface area contributed by atoms with Crippen LogP contribution in [0.2, 0.25) is 10.0 Å². The Kier molecular flexibility index (Phi) is 5.78. The van der Waals surface area contributed by atoms with Gasteiger partial charge in [-0.1, -0.05) is 40.6 Å². The minimum Gasteiger partial charge on any atom is -0.345 e. The van der Waals surface area contributed by atoms with E-state index in [1.807, 2.05) is 47.4 Å². The van der Waals surface area contributed by atoms with Gasteiger partial charge < -0.3 is 9.80 Å². The van der Waals surface area contributed by atoms with Gasteiger partial charge in [-0.25, -0.2) is 4.98 Å². The van der Waals surface area contributed by atoms with Crippen LogP contribution in [0.5, 0.6) is 0 Å². The zero-order valence-corrected chi connectivity index (χ0v) is 17.5. The number of amides is 1. The second-order valence-electron chi connectivity index (χ2n) is 6.19. The molecule has 0 spiro atoms. The molecule has 1 aliphatic rings. The molecule has 0 radical (unpaired) electrons. The van der Waals surface area contributed by atoms with Crippen molar-refractivity contribution in [3.63, 3.8) is 0 Å². The molecule has 4 nitrogen and oxygen atoms in total. The first-order valence-electron chi connectivity index (χ1n) is 8.56. The molecule has 8 heteroatoms. The summed E-state index contributed by atoms with van der Waals surface area (Å²) >= 11 is 15.3. The van der Waals surface area contributed by atoms with Crippen LogP contribution in [0.25, 0.3) is 10.2 Å². The second kappa shape index (κ2) is 8.27. The fourth-order valence-electron chi connectivity index (χ4n) is 2.95. The van der Waals surface area contributed by atoms with E-state index in [-0.39, 0.29) is 5.91 Å². The Bertz CT molecular complexity index is 953. The third-order valence-corrected chi connectivity index (χ3v) is 7.07. The average Bonchev–Trinajstić information content (AvgIpc) is 3.13. The molecule has 140 valence electrons. The zero-order chi connectivity index (χ0) is 18.8. The van der Waals surface area contributed by atoms with Crippen molar-refractivity contribution in [1.29, 1.82) is 0 Å². The maximum atomic E-state index is 12.5. The summed E-state index contributed by atoms with van der Waals surface area (Å²) in [6.45, 7) is 3.00. The summed E-state index contributed by atoms with van der Waals surface area (Å²) in [5.41, 5.74) is 0.858. The largest absolute Gasteiger partial charge is 0.345 e. The number of hydrogen-bond donors (Lipinski definition) is 0. The molecule has 0 atom stereocenters. The van der Waals surface area contributed by atoms with Gasteiger partial charge in [0, 0.05) is 36.1 Å². The highest BCUT2D eigenvalue weighted by Gasteiger charge is 2.23. The first-order valence-corrected chi connectivity index (χ1v) is 11.1. The molecule has 1 amide bonds. The Morgan fingerprint density at radius 3 is 2.52 bits per heavy atom. The van der Waals surface area contributed by atoms with Crippen molar-refractivity contribution in [3.8, 4) is 0 Å². The molecule has 0 aliphatic carbocycles. The molecule has 0 unspecified atom stereocenters. The Balaban J connectivity index is 1.33. The number of fused-ring (bicyclic) bond motifs is 1. The van der Waals surface area contributed by atoms with Crippen molar-refractivity contribution < 1.29 is 4.79 Å². The molecule has 0 saturated carbocycles. The van der Waals surface area contributed by atoms with E-state index in [1.54, 1.807) is 23.1 Å². The molecule has 2 aromatic carbocycles. The normalized spacial score (nSPS) is 14.7. The third-order valence-electron chi connectivity index (χ3n) is 4.44. The van der Waals surface area contributed by atoms with Crippen LogP contribution in [0.15, 0.2) is 47.4 Å². The summed E-state index contributed by atoms with van der Waals surface area (Å²) in [5, 5.41) is 2.36. The number of carbonyl (C=O) groups excluding carboxylic acids is 1. The van der Waals surface area contributed by atoms with E-state index in [1.165, 1.54) is 0 Å². The number of benzene rings is 2. The monoisotopic (exact) mass is 437 g/mol. The van der Waals surface area contributed by atoms with E-state index < -0.39 is 0 Å². The molecule has 1 aliphatic heterocycles. The van der Waals surface area contributed by atoms with Gasteiger partial charge in [0.15, 0.2) is 5.13 Å². The number of rotatable bonds is 4. The molecule has 27 heavy (non-hydrogen) atoms. The van der Waals surface area contributed by atoms with Crippen LogP contribution < -0.4 is 4.90 Å². The number of carbonyl (C=O) groups is 1. The minimum atomic E-state index is 0.168. The highest BCUT2D eigenvalue weighted by molar-refractivity contribution is 8.00. The van der Waals surface area contributed by atoms with Crippen molar-refractivity contribution in [3.05, 3.63) is 52.5 Å². The van der Waals surface area contributed by atoms with Crippen molar-refractivity contribution >= 4 is 67.6 Å². The maximum absolute atomic E-state index is 12.5. The molecule has 0 N–H and O–H groups in total. The molecule has 4 rings (SSSR count). The first-order chi connectivity index (χ1) is 13.1. The summed E-state index contributed by atoms with van der Waals surface area (Å²) in [7, 11) is 0. The highest BCUT2D eigenvalue weighted by atomic mass is 35.5. The van der Waals surface area contributed by atoms with Gasteiger partial charge >= 0.3 is 0 Å². The van der Waals surface area contributed by atoms with E-state index in [9.17, 15) is 4.79 Å². The van der Waals surface area contributed by atoms with Gasteiger partial charge in [-0.15, -0.1) is 11.8 Å². The second-order valence-corrected chi connectivity index (χ2v) is 9.09. The number of halogens is 2. The molecular formula is C19H17Cl2N3OS2. The number of thiazole rings is 1. The number of anilines is 1. The topological polar surface area (TPSA) is 36.4 Å². The molecule has 3 aromatic rings. The number of piperazine rings is 1. The summed E-state index contributed by atoms with van der Waals surface area (Å²) < 4.78 is 1.09. The Labute approximate surface area is 176 Å². The van der Waals surface area contributed by atoms with E-state index >= 15 is 0 Å². The molecule has 1 saturated heterocycles. The molecule has 0 bridgehead atoms. The summed E-state index contributed by atoms with van der Waals surface area (Å²) in [5.74, 6) is 0.611. The SMILES string of the molecule is O=C(CSc1ccc(Cl)cc1)N1CCN(c2nc3c(Cl)cccc3s2)CC1. The van der Waals surface area contributed by atoms with Gasteiger partial charge in [-0.05, 0) is 36.4 Å². The summed E-state index contributed by atoms with van der Waals surface area (Å²) in [4.78, 5) is 22.4. The van der Waals surface area contributed by atoms with Crippen molar-refractivity contribution in [1.82, 2.24) is 9.88 Å². The number of thioether (sulfide) groups is 1. The minimum absolute atomic E-state index is 0.168. The van der Waals surface area contributed by atoms with Gasteiger partial charge in [0.2, 0.25) is 5.91 Å². The first kappa shape index (κ1) is 18.9. The van der Waals surface area contributed by atoms with Crippen LogP contribution >= 0.6 is 46.3 Å². The Morgan fingerprint density at radius 2 is 1.81 bits per heavy atom. The van der Waals surface area contributed by atoms with Crippen LogP contribution in [-0.4, -0.2) is 47.7 Å². The van der Waals surface area contributed by atoms with Gasteiger partial charge in [-0.2, -0.15) is 0 Å². The molecule has 1 fully saturated rings. The number of nitrogens with zero attached hydrogens (tertiary/aromatic N) is 3. The zero-order valence-electron chi connectivity index (χ0n) is 14.4. The maximum Gasteiger partial charge on any atom is 0.233 e. The predicted octanol–water partition coefficient (Wildman–Crippen LogP) is 5.04. The van der Waals surface area contributed by atoms with Gasteiger partial charge in [0.25, 0.3) is 0 Å². The summed E-state index contributed by atoms with van der Waals surface area (Å²) in [6.07, 6.45) is 0. The summed E-state index contributed by atoms with van der Waals surface area (Å²) in [6, 6.07) is 13.4. The van der Waals surface area contributed by atoms with Gasteiger partial charge in [0.05, 0.1) is 15.5 Å². The number of para-hydroxylation sites is 1. The quantitative estimate of drug-likeness (QED) is 0.535. The van der Waals surface area contributed by atoms with Crippen molar-refractivity contribution in [2.45, 2.75) is 4.90 Å². The molecular weight excluding hydrogens is 421 g/mol. The van der Waals surface area contributed by atoms with Crippen molar-refractivity contribution in [2.75, 3.05) is 36.8 Å². The fraction of sp³-hybridized carbons (Fsp3) is 0.263. The van der Waals surface area contributed by atoms with Gasteiger partial charge in [-0.3, -0.25) is 4.79 Å². The highest BCUT2D eigenvalue weighted by Crippen LogP contribution is 2.33. The lowest BCUT2D eigenvalue weighted by atomic mass is 10.3. The molecule has 2 heterocycles. The van der Waals surface area contributed by atoms with Crippen LogP contribution in [0.3, 0.4) is 0 Å². The fourth-order valence-corrected chi connectivity index (χ4v) is 5.20. The third kappa shape index (κ3) is 4.35. The van der Waals surface area contributed by atoms with E-state index in [0.717, 1.165) is 33.3 Å². The number of aromatic nitrogens is 1. The Hall–Kier alpha value is -1.47. The van der Waals surface area contributed by atoms with Crippen LogP contribution in [-0.2, 0) is 4.79 Å². The van der Waals surface area contributed by atoms with E-state index in [4.69, 9.17) is 23.2 Å². The average molecular weight is 438 g/mol. The lowest BCUT2D eigenvalue weighted by molar-refractivity contribution is -0.128. The lowest BCUT2D eigenvalue weighted by Crippen LogP contribution is -2.49. The standard InChI is InChI=1S/C19H17Cl2N3OS2/c20-13-4-6-14(7-5-13)26-12-17(25)23-8-10-24(11-9-23)19-22-18-15(21)2-1-3-16(18)27-19/h1-7H,8-12H2. The lowest BCUT2D eigenvalue weighted by Gasteiger charge is -2.34. The van der Waals surface area contributed by atoms with E-state index in [0.29, 0.717) is 28.9 Å². The molecule has 1 aromatic heterocycles. The Morgan fingerprint density at radius 1 is 1.07 bits per heavy atom. The smallest absolute Gasteiger partial charge is 0.233 e. The van der Waals surface area contributed by atoms with Gasteiger partial charge in [0.1, 0.15) is 5.52 Å². The van der Waals surface area contributed by atoms with Crippen molar-refractivity contribution in [2.24, 2.45) is 0 Å². The van der Waals surface area contributed by atoms with Crippen LogP contribution in [0, 0.1) is 0 Å². The predicted molar refractivity (Wildman–Crippen MR) is 116 cm³/mol.